The van der Waals surface area contributed by atoms with Crippen LogP contribution in [0.4, 0.5) is 0 Å². The van der Waals surface area contributed by atoms with Crippen LogP contribution in [-0.4, -0.2) is 43.5 Å². The van der Waals surface area contributed by atoms with Gasteiger partial charge in [0.15, 0.2) is 11.5 Å². The van der Waals surface area contributed by atoms with E-state index in [9.17, 15) is 9.90 Å². The van der Waals surface area contributed by atoms with E-state index in [1.807, 2.05) is 0 Å². The van der Waals surface area contributed by atoms with Gasteiger partial charge in [0.1, 0.15) is 17.2 Å². The lowest BCUT2D eigenvalue weighted by Crippen LogP contribution is -2.17. The summed E-state index contributed by atoms with van der Waals surface area (Å²) in [6, 6.07) is 10.1. The largest absolute Gasteiger partial charge is 0.504 e. The molecular weight excluding hydrogens is 350 g/mol. The summed E-state index contributed by atoms with van der Waals surface area (Å²) in [6.45, 7) is 0. The van der Waals surface area contributed by atoms with Crippen LogP contribution in [0.25, 0.3) is 10.9 Å². The van der Waals surface area contributed by atoms with Crippen molar-refractivity contribution < 1.29 is 24.1 Å². The number of phenolic OH excluding ortho intramolecular Hbond substituents is 1. The second-order valence-electron chi connectivity index (χ2n) is 5.54. The minimum atomic E-state index is -0.450. The van der Waals surface area contributed by atoms with Crippen molar-refractivity contribution in [2.75, 3.05) is 21.3 Å². The lowest BCUT2D eigenvalue weighted by atomic mass is 10.2. The van der Waals surface area contributed by atoms with Crippen molar-refractivity contribution in [3.05, 3.63) is 47.7 Å². The van der Waals surface area contributed by atoms with Crippen molar-refractivity contribution >= 4 is 23.0 Å². The smallest absolute Gasteiger partial charge is 0.287 e. The number of nitrogens with one attached hydrogen (secondary N) is 2. The van der Waals surface area contributed by atoms with Crippen LogP contribution in [0.1, 0.15) is 16.1 Å². The monoisotopic (exact) mass is 369 g/mol. The Hall–Kier alpha value is -3.68. The fourth-order valence-corrected chi connectivity index (χ4v) is 2.67. The Morgan fingerprint density at radius 2 is 1.78 bits per heavy atom. The number of phenols is 1. The number of fused-ring (bicyclic) bond motifs is 1. The molecule has 8 heteroatoms. The number of ether oxygens (including phenoxy) is 3. The van der Waals surface area contributed by atoms with Crippen molar-refractivity contribution in [3.63, 3.8) is 0 Å². The molecule has 3 N–H and O–H groups in total. The van der Waals surface area contributed by atoms with E-state index in [1.165, 1.54) is 13.3 Å². The summed E-state index contributed by atoms with van der Waals surface area (Å²) in [4.78, 5) is 15.4. The number of aromatic amines is 1. The van der Waals surface area contributed by atoms with Crippen LogP contribution in [-0.2, 0) is 0 Å². The van der Waals surface area contributed by atoms with Crippen LogP contribution in [0.2, 0.25) is 0 Å². The van der Waals surface area contributed by atoms with Gasteiger partial charge < -0.3 is 24.3 Å². The number of aromatic hydroxyl groups is 1. The molecule has 0 aliphatic carbocycles. The van der Waals surface area contributed by atoms with E-state index in [0.717, 1.165) is 5.39 Å². The van der Waals surface area contributed by atoms with Gasteiger partial charge in [0.25, 0.3) is 5.91 Å². The SMILES string of the molecule is COc1cccc(/C=N\NC(=O)c2cc3c(OC)ccc(OC)c3[nH]2)c1O. The fraction of sp³-hybridized carbons (Fsp3) is 0.158. The first-order chi connectivity index (χ1) is 13.1. The van der Waals surface area contributed by atoms with Gasteiger partial charge in [-0.3, -0.25) is 4.79 Å². The summed E-state index contributed by atoms with van der Waals surface area (Å²) in [5.74, 6) is 1.02. The maximum atomic E-state index is 12.4. The normalized spacial score (nSPS) is 10.9. The number of rotatable bonds is 6. The molecule has 1 heterocycles. The number of H-pyrrole nitrogens is 1. The van der Waals surface area contributed by atoms with Gasteiger partial charge in [-0.1, -0.05) is 6.07 Å². The number of methoxy groups -OCH3 is 3. The zero-order valence-electron chi connectivity index (χ0n) is 15.1. The van der Waals surface area contributed by atoms with Crippen LogP contribution in [0.15, 0.2) is 41.5 Å². The first kappa shape index (κ1) is 18.1. The number of amides is 1. The number of hydrogen-bond acceptors (Lipinski definition) is 6. The molecule has 8 nitrogen and oxygen atoms in total. The average Bonchev–Trinajstić information content (AvgIpc) is 3.14. The fourth-order valence-electron chi connectivity index (χ4n) is 2.67. The predicted octanol–water partition coefficient (Wildman–Crippen LogP) is 2.66. The van der Waals surface area contributed by atoms with Crippen LogP contribution in [0, 0.1) is 0 Å². The Balaban J connectivity index is 1.82. The second kappa shape index (κ2) is 7.69. The third-order valence-corrected chi connectivity index (χ3v) is 4.02. The van der Waals surface area contributed by atoms with Gasteiger partial charge in [-0.05, 0) is 30.3 Å². The van der Waals surface area contributed by atoms with Crippen molar-refractivity contribution in [1.29, 1.82) is 0 Å². The average molecular weight is 369 g/mol. The molecule has 0 radical (unpaired) electrons. The first-order valence-electron chi connectivity index (χ1n) is 8.02. The summed E-state index contributed by atoms with van der Waals surface area (Å²) in [7, 11) is 4.56. The zero-order valence-corrected chi connectivity index (χ0v) is 15.1. The number of aromatic nitrogens is 1. The molecule has 0 unspecified atom stereocenters. The molecule has 1 aromatic heterocycles. The van der Waals surface area contributed by atoms with Crippen LogP contribution in [0.3, 0.4) is 0 Å². The second-order valence-corrected chi connectivity index (χ2v) is 5.54. The van der Waals surface area contributed by atoms with E-state index in [1.54, 1.807) is 50.6 Å². The van der Waals surface area contributed by atoms with E-state index in [-0.39, 0.29) is 5.75 Å². The van der Waals surface area contributed by atoms with E-state index in [2.05, 4.69) is 15.5 Å². The third kappa shape index (κ3) is 3.50. The Labute approximate surface area is 155 Å². The van der Waals surface area contributed by atoms with Crippen molar-refractivity contribution in [2.24, 2.45) is 5.10 Å². The summed E-state index contributed by atoms with van der Waals surface area (Å²) >= 11 is 0. The van der Waals surface area contributed by atoms with Crippen molar-refractivity contribution in [2.45, 2.75) is 0 Å². The van der Waals surface area contributed by atoms with E-state index < -0.39 is 5.91 Å². The zero-order chi connectivity index (χ0) is 19.4. The Bertz CT molecular complexity index is 969. The minimum Gasteiger partial charge on any atom is -0.504 e. The molecule has 140 valence electrons. The molecule has 0 aliphatic heterocycles. The third-order valence-electron chi connectivity index (χ3n) is 4.02. The van der Waals surface area contributed by atoms with Gasteiger partial charge in [0, 0.05) is 10.9 Å². The molecule has 27 heavy (non-hydrogen) atoms. The van der Waals surface area contributed by atoms with Gasteiger partial charge in [-0.15, -0.1) is 0 Å². The van der Waals surface area contributed by atoms with Crippen LogP contribution in [0.5, 0.6) is 23.0 Å². The number of carbonyl (C=O) groups is 1. The molecule has 0 atom stereocenters. The van der Waals surface area contributed by atoms with Crippen LogP contribution >= 0.6 is 0 Å². The van der Waals surface area contributed by atoms with E-state index >= 15 is 0 Å². The Morgan fingerprint density at radius 3 is 2.48 bits per heavy atom. The predicted molar refractivity (Wildman–Crippen MR) is 101 cm³/mol. The highest BCUT2D eigenvalue weighted by Gasteiger charge is 2.15. The number of nitrogens with zero attached hydrogens (tertiary/aromatic N) is 1. The molecule has 2 aromatic carbocycles. The molecule has 0 fully saturated rings. The molecule has 0 saturated carbocycles. The standard InChI is InChI=1S/C19H19N3O5/c1-25-14-7-8-15(26-2)17-12(14)9-13(21-17)19(24)22-20-10-11-5-4-6-16(27-3)18(11)23/h4-10,21,23H,1-3H3,(H,22,24)/b20-10-. The Kier molecular flexibility index (Phi) is 5.16. The molecule has 0 spiro atoms. The molecule has 1 amide bonds. The maximum absolute atomic E-state index is 12.4. The summed E-state index contributed by atoms with van der Waals surface area (Å²) < 4.78 is 15.7. The number of carbonyl (C=O) groups excluding carboxylic acids is 1. The van der Waals surface area contributed by atoms with Gasteiger partial charge in [0.2, 0.25) is 0 Å². The molecule has 3 rings (SSSR count). The molecule has 0 aliphatic rings. The molecule has 0 bridgehead atoms. The van der Waals surface area contributed by atoms with Crippen LogP contribution < -0.4 is 19.6 Å². The maximum Gasteiger partial charge on any atom is 0.287 e. The lowest BCUT2D eigenvalue weighted by molar-refractivity contribution is 0.0951. The lowest BCUT2D eigenvalue weighted by Gasteiger charge is -2.05. The van der Waals surface area contributed by atoms with Gasteiger partial charge in [-0.2, -0.15) is 5.10 Å². The molecule has 0 saturated heterocycles. The highest BCUT2D eigenvalue weighted by Crippen LogP contribution is 2.33. The number of hydrogen-bond donors (Lipinski definition) is 3. The molecular formula is C19H19N3O5. The van der Waals surface area contributed by atoms with Crippen molar-refractivity contribution in [3.8, 4) is 23.0 Å². The molecule has 3 aromatic rings. The van der Waals surface area contributed by atoms with Gasteiger partial charge in [-0.25, -0.2) is 5.43 Å². The number of benzene rings is 2. The van der Waals surface area contributed by atoms with E-state index in [0.29, 0.717) is 34.0 Å². The highest BCUT2D eigenvalue weighted by atomic mass is 16.5. The number of para-hydroxylation sites is 1. The van der Waals surface area contributed by atoms with Crippen molar-refractivity contribution in [1.82, 2.24) is 10.4 Å². The van der Waals surface area contributed by atoms with Gasteiger partial charge in [0.05, 0.1) is 33.1 Å². The van der Waals surface area contributed by atoms with Gasteiger partial charge >= 0.3 is 0 Å². The summed E-state index contributed by atoms with van der Waals surface area (Å²) in [5, 5.41) is 14.6. The summed E-state index contributed by atoms with van der Waals surface area (Å²) in [5.41, 5.74) is 3.77. The highest BCUT2D eigenvalue weighted by molar-refractivity contribution is 6.01. The summed E-state index contributed by atoms with van der Waals surface area (Å²) in [6.07, 6.45) is 1.33. The first-order valence-corrected chi connectivity index (χ1v) is 8.02. The Morgan fingerprint density at radius 1 is 1.07 bits per heavy atom. The quantitative estimate of drug-likeness (QED) is 0.458. The topological polar surface area (TPSA) is 105 Å². The minimum absolute atomic E-state index is 0.0573. The number of hydrazone groups is 1. The van der Waals surface area contributed by atoms with E-state index in [4.69, 9.17) is 14.2 Å².